The summed E-state index contributed by atoms with van der Waals surface area (Å²) in [5.41, 5.74) is 0.809. The Morgan fingerprint density at radius 3 is 2.60 bits per heavy atom. The zero-order chi connectivity index (χ0) is 10.8. The molecule has 2 rings (SSSR count). The first kappa shape index (κ1) is 11.1. The molecule has 0 aliphatic heterocycles. The van der Waals surface area contributed by atoms with E-state index in [0.717, 1.165) is 18.4 Å². The maximum Gasteiger partial charge on any atom is 0.124 e. The number of benzene rings is 1. The Morgan fingerprint density at radius 2 is 2.00 bits per heavy atom. The van der Waals surface area contributed by atoms with Gasteiger partial charge in [0.05, 0.1) is 6.10 Å². The van der Waals surface area contributed by atoms with Crippen LogP contribution in [0.4, 0.5) is 4.39 Å². The van der Waals surface area contributed by atoms with Gasteiger partial charge in [-0.25, -0.2) is 4.39 Å². The molecule has 0 bridgehead atoms. The lowest BCUT2D eigenvalue weighted by molar-refractivity contribution is 0.111. The van der Waals surface area contributed by atoms with Gasteiger partial charge in [0.2, 0.25) is 0 Å². The summed E-state index contributed by atoms with van der Waals surface area (Å²) in [4.78, 5) is 0. The molecule has 0 heterocycles. The summed E-state index contributed by atoms with van der Waals surface area (Å²) in [6, 6.07) is 4.48. The lowest BCUT2D eigenvalue weighted by Gasteiger charge is -2.19. The molecule has 15 heavy (non-hydrogen) atoms. The molecule has 1 aromatic rings. The summed E-state index contributed by atoms with van der Waals surface area (Å²) >= 11 is 3.29. The molecule has 0 spiro atoms. The van der Waals surface area contributed by atoms with E-state index in [0.29, 0.717) is 10.4 Å². The first-order valence-corrected chi connectivity index (χ1v) is 6.11. The van der Waals surface area contributed by atoms with Crippen molar-refractivity contribution < 1.29 is 9.50 Å². The first-order chi connectivity index (χ1) is 7.18. The van der Waals surface area contributed by atoms with E-state index in [1.165, 1.54) is 25.0 Å². The predicted octanol–water partition coefficient (Wildman–Crippen LogP) is 3.81. The second-order valence-electron chi connectivity index (χ2n) is 4.16. The van der Waals surface area contributed by atoms with Crippen LogP contribution in [0, 0.1) is 11.7 Å². The topological polar surface area (TPSA) is 20.2 Å². The fraction of sp³-hybridized carbons (Fsp3) is 0.500. The van der Waals surface area contributed by atoms with E-state index in [9.17, 15) is 9.50 Å². The molecule has 1 unspecified atom stereocenters. The van der Waals surface area contributed by atoms with E-state index in [2.05, 4.69) is 15.9 Å². The van der Waals surface area contributed by atoms with Gasteiger partial charge >= 0.3 is 0 Å². The summed E-state index contributed by atoms with van der Waals surface area (Å²) < 4.78 is 13.5. The van der Waals surface area contributed by atoms with Gasteiger partial charge < -0.3 is 5.11 Å². The average Bonchev–Trinajstić information content (AvgIpc) is 2.69. The van der Waals surface area contributed by atoms with Gasteiger partial charge in [0, 0.05) is 4.47 Å². The Kier molecular flexibility index (Phi) is 3.42. The average molecular weight is 273 g/mol. The predicted molar refractivity (Wildman–Crippen MR) is 61.0 cm³/mol. The molecule has 1 N–H and O–H groups in total. The van der Waals surface area contributed by atoms with Crippen molar-refractivity contribution in [2.45, 2.75) is 31.8 Å². The summed E-state index contributed by atoms with van der Waals surface area (Å²) in [7, 11) is 0. The number of aliphatic hydroxyl groups is 1. The van der Waals surface area contributed by atoms with Gasteiger partial charge in [0.25, 0.3) is 0 Å². The largest absolute Gasteiger partial charge is 0.388 e. The van der Waals surface area contributed by atoms with Crippen molar-refractivity contribution in [1.82, 2.24) is 0 Å². The number of hydrogen-bond donors (Lipinski definition) is 1. The van der Waals surface area contributed by atoms with Gasteiger partial charge in [-0.1, -0.05) is 34.8 Å². The van der Waals surface area contributed by atoms with Crippen LogP contribution < -0.4 is 0 Å². The Balaban J connectivity index is 2.20. The lowest BCUT2D eigenvalue weighted by Crippen LogP contribution is -2.09. The Labute approximate surface area is 97.4 Å². The highest BCUT2D eigenvalue weighted by atomic mass is 79.9. The smallest absolute Gasteiger partial charge is 0.124 e. The van der Waals surface area contributed by atoms with Crippen LogP contribution >= 0.6 is 15.9 Å². The van der Waals surface area contributed by atoms with E-state index in [1.807, 2.05) is 0 Å². The maximum atomic E-state index is 12.9. The number of rotatable bonds is 2. The fourth-order valence-corrected chi connectivity index (χ4v) is 2.85. The molecule has 1 saturated carbocycles. The van der Waals surface area contributed by atoms with Crippen LogP contribution in [0.25, 0.3) is 0 Å². The van der Waals surface area contributed by atoms with Crippen LogP contribution in [0.3, 0.4) is 0 Å². The minimum absolute atomic E-state index is 0.274. The van der Waals surface area contributed by atoms with Crippen molar-refractivity contribution in [3.8, 4) is 0 Å². The molecule has 0 amide bonds. The highest BCUT2D eigenvalue weighted by molar-refractivity contribution is 9.10. The van der Waals surface area contributed by atoms with Gasteiger partial charge in [-0.05, 0) is 36.5 Å². The van der Waals surface area contributed by atoms with Crippen LogP contribution in [-0.4, -0.2) is 5.11 Å². The van der Waals surface area contributed by atoms with E-state index < -0.39 is 6.10 Å². The normalized spacial score (nSPS) is 19.4. The summed E-state index contributed by atoms with van der Waals surface area (Å²) in [5, 5.41) is 10.1. The second-order valence-corrected chi connectivity index (χ2v) is 5.01. The Hall–Kier alpha value is -0.410. The van der Waals surface area contributed by atoms with Crippen LogP contribution in [0.5, 0.6) is 0 Å². The van der Waals surface area contributed by atoms with Crippen LogP contribution in [-0.2, 0) is 0 Å². The van der Waals surface area contributed by atoms with E-state index >= 15 is 0 Å². The zero-order valence-corrected chi connectivity index (χ0v) is 10.0. The van der Waals surface area contributed by atoms with Gasteiger partial charge in [-0.15, -0.1) is 0 Å². The van der Waals surface area contributed by atoms with Crippen molar-refractivity contribution in [1.29, 1.82) is 0 Å². The standard InChI is InChI=1S/C12H14BrFO/c13-11-7-9(14)5-6-10(11)12(15)8-3-1-2-4-8/h5-8,12,15H,1-4H2. The third-order valence-electron chi connectivity index (χ3n) is 3.13. The van der Waals surface area contributed by atoms with Crippen molar-refractivity contribution in [2.24, 2.45) is 5.92 Å². The van der Waals surface area contributed by atoms with E-state index in [-0.39, 0.29) is 5.82 Å². The SMILES string of the molecule is OC(c1ccc(F)cc1Br)C1CCCC1. The number of hydrogen-bond acceptors (Lipinski definition) is 1. The van der Waals surface area contributed by atoms with Crippen LogP contribution in [0.15, 0.2) is 22.7 Å². The Bertz CT molecular complexity index is 347. The molecule has 1 aromatic carbocycles. The molecule has 1 atom stereocenters. The molecule has 82 valence electrons. The highest BCUT2D eigenvalue weighted by Crippen LogP contribution is 2.38. The third-order valence-corrected chi connectivity index (χ3v) is 3.81. The third kappa shape index (κ3) is 2.40. The van der Waals surface area contributed by atoms with Crippen molar-refractivity contribution >= 4 is 15.9 Å². The molecular weight excluding hydrogens is 259 g/mol. The van der Waals surface area contributed by atoms with Crippen molar-refractivity contribution in [2.75, 3.05) is 0 Å². The molecule has 3 heteroatoms. The van der Waals surface area contributed by atoms with E-state index in [4.69, 9.17) is 0 Å². The van der Waals surface area contributed by atoms with Crippen LogP contribution in [0.1, 0.15) is 37.4 Å². The number of aliphatic hydroxyl groups excluding tert-OH is 1. The quantitative estimate of drug-likeness (QED) is 0.868. The lowest BCUT2D eigenvalue weighted by atomic mass is 9.94. The minimum atomic E-state index is -0.456. The second kappa shape index (κ2) is 4.62. The highest BCUT2D eigenvalue weighted by Gasteiger charge is 2.25. The van der Waals surface area contributed by atoms with Gasteiger partial charge in [0.15, 0.2) is 0 Å². The molecule has 0 aromatic heterocycles. The summed E-state index contributed by atoms with van der Waals surface area (Å²) in [5.74, 6) is 0.0657. The van der Waals surface area contributed by atoms with Crippen molar-refractivity contribution in [3.05, 3.63) is 34.1 Å². The van der Waals surface area contributed by atoms with E-state index in [1.54, 1.807) is 6.07 Å². The van der Waals surface area contributed by atoms with Gasteiger partial charge in [-0.3, -0.25) is 0 Å². The molecule has 1 fully saturated rings. The van der Waals surface area contributed by atoms with Crippen LogP contribution in [0.2, 0.25) is 0 Å². The molecule has 1 nitrogen and oxygen atoms in total. The maximum absolute atomic E-state index is 12.9. The Morgan fingerprint density at radius 1 is 1.33 bits per heavy atom. The fourth-order valence-electron chi connectivity index (χ4n) is 2.27. The molecule has 0 saturated heterocycles. The molecule has 1 aliphatic carbocycles. The zero-order valence-electron chi connectivity index (χ0n) is 8.42. The minimum Gasteiger partial charge on any atom is -0.388 e. The molecule has 1 aliphatic rings. The number of halogens is 2. The molecular formula is C12H14BrFO. The first-order valence-electron chi connectivity index (χ1n) is 5.31. The molecule has 0 radical (unpaired) electrons. The monoisotopic (exact) mass is 272 g/mol. The summed E-state index contributed by atoms with van der Waals surface area (Å²) in [6.45, 7) is 0. The van der Waals surface area contributed by atoms with Gasteiger partial charge in [0.1, 0.15) is 5.82 Å². The van der Waals surface area contributed by atoms with Crippen molar-refractivity contribution in [3.63, 3.8) is 0 Å². The van der Waals surface area contributed by atoms with Gasteiger partial charge in [-0.2, -0.15) is 0 Å². The summed E-state index contributed by atoms with van der Waals surface area (Å²) in [6.07, 6.45) is 4.08.